The van der Waals surface area contributed by atoms with E-state index in [-0.39, 0.29) is 5.91 Å². The fourth-order valence-electron chi connectivity index (χ4n) is 3.46. The minimum atomic E-state index is -0.0915. The van der Waals surface area contributed by atoms with Crippen molar-refractivity contribution in [2.75, 3.05) is 5.32 Å². The van der Waals surface area contributed by atoms with Gasteiger partial charge in [-0.2, -0.15) is 0 Å². The summed E-state index contributed by atoms with van der Waals surface area (Å²) in [5.74, 6) is 0.991. The zero-order valence-corrected chi connectivity index (χ0v) is 19.0. The van der Waals surface area contributed by atoms with Crippen LogP contribution in [0.2, 0.25) is 0 Å². The number of rotatable bonds is 8. The van der Waals surface area contributed by atoms with Gasteiger partial charge in [0.1, 0.15) is 0 Å². The molecule has 1 amide bonds. The fraction of sp³-hybridized carbons (Fsp3) is 0.179. The van der Waals surface area contributed by atoms with Gasteiger partial charge in [0, 0.05) is 36.6 Å². The summed E-state index contributed by atoms with van der Waals surface area (Å²) in [6.45, 7) is 5.52. The molecular formula is C28H28N4O. The number of hydrogen-bond donors (Lipinski definition) is 2. The molecular weight excluding hydrogens is 408 g/mol. The summed E-state index contributed by atoms with van der Waals surface area (Å²) in [7, 11) is 0. The third-order valence-electron chi connectivity index (χ3n) is 5.53. The highest BCUT2D eigenvalue weighted by molar-refractivity contribution is 5.94. The third-order valence-corrected chi connectivity index (χ3v) is 5.53. The van der Waals surface area contributed by atoms with Crippen LogP contribution in [0.15, 0.2) is 91.3 Å². The molecule has 4 aromatic rings. The van der Waals surface area contributed by atoms with Crippen LogP contribution in [0.25, 0.3) is 11.1 Å². The van der Waals surface area contributed by atoms with Crippen molar-refractivity contribution in [1.82, 2.24) is 15.3 Å². The van der Waals surface area contributed by atoms with Crippen molar-refractivity contribution in [2.45, 2.75) is 32.9 Å². The first kappa shape index (κ1) is 22.2. The van der Waals surface area contributed by atoms with Gasteiger partial charge in [0.05, 0.1) is 0 Å². The van der Waals surface area contributed by atoms with Gasteiger partial charge in [0.15, 0.2) is 0 Å². The van der Waals surface area contributed by atoms with Gasteiger partial charge < -0.3 is 10.6 Å². The second-order valence-corrected chi connectivity index (χ2v) is 8.29. The first-order valence-electron chi connectivity index (χ1n) is 11.2. The van der Waals surface area contributed by atoms with Gasteiger partial charge in [0.25, 0.3) is 5.91 Å². The Morgan fingerprint density at radius 3 is 2.03 bits per heavy atom. The van der Waals surface area contributed by atoms with Crippen LogP contribution >= 0.6 is 0 Å². The molecule has 0 saturated carbocycles. The molecule has 0 spiro atoms. The van der Waals surface area contributed by atoms with Crippen molar-refractivity contribution in [3.05, 3.63) is 114 Å². The predicted molar refractivity (Wildman–Crippen MR) is 133 cm³/mol. The van der Waals surface area contributed by atoms with Crippen LogP contribution in [0, 0.1) is 0 Å². The number of nitrogens with one attached hydrogen (secondary N) is 2. The number of anilines is 1. The number of benzene rings is 3. The predicted octanol–water partition coefficient (Wildman–Crippen LogP) is 5.81. The molecule has 0 saturated heterocycles. The maximum absolute atomic E-state index is 12.5. The minimum Gasteiger partial charge on any atom is -0.350 e. The summed E-state index contributed by atoms with van der Waals surface area (Å²) in [6.07, 6.45) is 3.58. The van der Waals surface area contributed by atoms with E-state index in [0.717, 1.165) is 16.7 Å². The van der Waals surface area contributed by atoms with E-state index < -0.39 is 0 Å². The summed E-state index contributed by atoms with van der Waals surface area (Å²) in [6, 6.07) is 26.0. The van der Waals surface area contributed by atoms with E-state index in [1.165, 1.54) is 11.1 Å². The molecule has 3 aromatic carbocycles. The standard InChI is InChI=1S/C28H28N4O/c1-20(2)23-10-8-22(9-11-23)16-29-27(33)25-14-12-24(13-15-25)26-18-31-28(32-19-26)30-17-21-6-4-3-5-7-21/h3-15,18-20H,16-17H2,1-2H3,(H,29,33)(H,30,31,32). The number of amides is 1. The third kappa shape index (κ3) is 6.04. The van der Waals surface area contributed by atoms with Crippen molar-refractivity contribution < 1.29 is 4.79 Å². The molecule has 5 heteroatoms. The molecule has 0 aliphatic heterocycles. The summed E-state index contributed by atoms with van der Waals surface area (Å²) in [5, 5.41) is 6.21. The largest absolute Gasteiger partial charge is 0.350 e. The van der Waals surface area contributed by atoms with Crippen LogP contribution in [0.4, 0.5) is 5.95 Å². The lowest BCUT2D eigenvalue weighted by molar-refractivity contribution is 0.0951. The van der Waals surface area contributed by atoms with Gasteiger partial charge in [0.2, 0.25) is 5.95 Å². The lowest BCUT2D eigenvalue weighted by Gasteiger charge is -2.09. The average molecular weight is 437 g/mol. The molecule has 2 N–H and O–H groups in total. The van der Waals surface area contributed by atoms with Gasteiger partial charge in [-0.05, 0) is 40.3 Å². The lowest BCUT2D eigenvalue weighted by atomic mass is 10.0. The van der Waals surface area contributed by atoms with E-state index >= 15 is 0 Å². The van der Waals surface area contributed by atoms with Crippen LogP contribution < -0.4 is 10.6 Å². The maximum Gasteiger partial charge on any atom is 0.251 e. The molecule has 0 aliphatic carbocycles. The Hall–Kier alpha value is -3.99. The fourth-order valence-corrected chi connectivity index (χ4v) is 3.46. The second-order valence-electron chi connectivity index (χ2n) is 8.29. The van der Waals surface area contributed by atoms with E-state index in [0.29, 0.717) is 30.5 Å². The van der Waals surface area contributed by atoms with E-state index in [1.54, 1.807) is 12.4 Å². The normalized spacial score (nSPS) is 10.8. The highest BCUT2D eigenvalue weighted by Gasteiger charge is 2.07. The Kier molecular flexibility index (Phi) is 7.10. The molecule has 166 valence electrons. The van der Waals surface area contributed by atoms with E-state index in [1.807, 2.05) is 42.5 Å². The second kappa shape index (κ2) is 10.6. The highest BCUT2D eigenvalue weighted by Crippen LogP contribution is 2.19. The zero-order valence-electron chi connectivity index (χ0n) is 19.0. The lowest BCUT2D eigenvalue weighted by Crippen LogP contribution is -2.22. The first-order valence-corrected chi connectivity index (χ1v) is 11.2. The summed E-state index contributed by atoms with van der Waals surface area (Å²) in [4.78, 5) is 21.3. The molecule has 33 heavy (non-hydrogen) atoms. The molecule has 0 radical (unpaired) electrons. The van der Waals surface area contributed by atoms with Crippen LogP contribution in [0.5, 0.6) is 0 Å². The van der Waals surface area contributed by atoms with Crippen molar-refractivity contribution in [3.8, 4) is 11.1 Å². The van der Waals surface area contributed by atoms with E-state index in [4.69, 9.17) is 0 Å². The maximum atomic E-state index is 12.5. The number of hydrogen-bond acceptors (Lipinski definition) is 4. The van der Waals surface area contributed by atoms with Crippen molar-refractivity contribution in [1.29, 1.82) is 0 Å². The number of carbonyl (C=O) groups is 1. The van der Waals surface area contributed by atoms with Crippen LogP contribution in [-0.4, -0.2) is 15.9 Å². The minimum absolute atomic E-state index is 0.0915. The smallest absolute Gasteiger partial charge is 0.251 e. The van der Waals surface area contributed by atoms with Gasteiger partial charge in [-0.1, -0.05) is 80.6 Å². The Balaban J connectivity index is 1.32. The van der Waals surface area contributed by atoms with Gasteiger partial charge in [-0.3, -0.25) is 4.79 Å². The Bertz CT molecular complexity index is 1170. The van der Waals surface area contributed by atoms with Crippen molar-refractivity contribution >= 4 is 11.9 Å². The molecule has 0 aliphatic rings. The Labute approximate surface area is 194 Å². The topological polar surface area (TPSA) is 66.9 Å². The van der Waals surface area contributed by atoms with Crippen molar-refractivity contribution in [2.24, 2.45) is 0 Å². The van der Waals surface area contributed by atoms with E-state index in [2.05, 4.69) is 70.8 Å². The van der Waals surface area contributed by atoms with Gasteiger partial charge >= 0.3 is 0 Å². The zero-order chi connectivity index (χ0) is 23.0. The molecule has 4 rings (SSSR count). The molecule has 0 bridgehead atoms. The molecule has 5 nitrogen and oxygen atoms in total. The average Bonchev–Trinajstić information content (AvgIpc) is 2.87. The van der Waals surface area contributed by atoms with Gasteiger partial charge in [-0.15, -0.1) is 0 Å². The number of nitrogens with zero attached hydrogens (tertiary/aromatic N) is 2. The highest BCUT2D eigenvalue weighted by atomic mass is 16.1. The molecule has 1 heterocycles. The molecule has 1 aromatic heterocycles. The Morgan fingerprint density at radius 1 is 0.758 bits per heavy atom. The summed E-state index contributed by atoms with van der Waals surface area (Å²) >= 11 is 0. The molecule has 0 fully saturated rings. The van der Waals surface area contributed by atoms with Gasteiger partial charge in [-0.25, -0.2) is 9.97 Å². The first-order chi connectivity index (χ1) is 16.1. The van der Waals surface area contributed by atoms with Crippen LogP contribution in [0.1, 0.15) is 46.8 Å². The van der Waals surface area contributed by atoms with Crippen LogP contribution in [-0.2, 0) is 13.1 Å². The molecule has 0 unspecified atom stereocenters. The quantitative estimate of drug-likeness (QED) is 0.366. The van der Waals surface area contributed by atoms with Crippen LogP contribution in [0.3, 0.4) is 0 Å². The Morgan fingerprint density at radius 2 is 1.39 bits per heavy atom. The number of carbonyl (C=O) groups excluding carboxylic acids is 1. The number of aromatic nitrogens is 2. The molecule has 0 atom stereocenters. The monoisotopic (exact) mass is 436 g/mol. The van der Waals surface area contributed by atoms with E-state index in [9.17, 15) is 4.79 Å². The summed E-state index contributed by atoms with van der Waals surface area (Å²) < 4.78 is 0. The summed E-state index contributed by atoms with van der Waals surface area (Å²) in [5.41, 5.74) is 6.04. The SMILES string of the molecule is CC(C)c1ccc(CNC(=O)c2ccc(-c3cnc(NCc4ccccc4)nc3)cc2)cc1. The van der Waals surface area contributed by atoms with Crippen molar-refractivity contribution in [3.63, 3.8) is 0 Å².